The Kier molecular flexibility index (Phi) is 5.85. The van der Waals surface area contributed by atoms with Gasteiger partial charge in [-0.05, 0) is 35.4 Å². The maximum atomic E-state index is 11.9. The normalized spacial score (nSPS) is 10.1. The predicted octanol–water partition coefficient (Wildman–Crippen LogP) is 4.51. The van der Waals surface area contributed by atoms with Crippen molar-refractivity contribution in [2.75, 3.05) is 17.7 Å². The lowest BCUT2D eigenvalue weighted by Gasteiger charge is -2.09. The van der Waals surface area contributed by atoms with Gasteiger partial charge in [-0.2, -0.15) is 4.89 Å². The molecule has 0 heterocycles. The zero-order valence-corrected chi connectivity index (χ0v) is 12.9. The molecule has 0 saturated carbocycles. The molecule has 2 N–H and O–H groups in total. The highest BCUT2D eigenvalue weighted by Gasteiger charge is 2.06. The lowest BCUT2D eigenvalue weighted by Crippen LogP contribution is -2.19. The van der Waals surface area contributed by atoms with Gasteiger partial charge in [0.2, 0.25) is 0 Å². The van der Waals surface area contributed by atoms with E-state index in [4.69, 9.17) is 28.1 Å². The van der Waals surface area contributed by atoms with Crippen LogP contribution in [0.25, 0.3) is 0 Å². The number of urea groups is 1. The monoisotopic (exact) mass is 342 g/mol. The van der Waals surface area contributed by atoms with E-state index in [1.807, 2.05) is 0 Å². The highest BCUT2D eigenvalue weighted by Crippen LogP contribution is 2.25. The molecule has 116 valence electrons. The van der Waals surface area contributed by atoms with Gasteiger partial charge in [-0.15, -0.1) is 0 Å². The second kappa shape index (κ2) is 7.86. The first-order valence-corrected chi connectivity index (χ1v) is 6.84. The van der Waals surface area contributed by atoms with E-state index in [0.29, 0.717) is 27.2 Å². The fraction of sp³-hybridized carbons (Fsp3) is 0.0714. The molecular weight excluding hydrogens is 331 g/mol. The van der Waals surface area contributed by atoms with E-state index in [1.54, 1.807) is 42.5 Å². The van der Waals surface area contributed by atoms with E-state index in [-0.39, 0.29) is 0 Å². The first-order valence-electron chi connectivity index (χ1n) is 6.09. The van der Waals surface area contributed by atoms with Crippen LogP contribution in [0.5, 0.6) is 5.75 Å². The molecular formula is C14H12Cl2N2O4. The molecule has 0 aromatic heterocycles. The molecule has 22 heavy (non-hydrogen) atoms. The van der Waals surface area contributed by atoms with Crippen LogP contribution in [0, 0.1) is 0 Å². The lowest BCUT2D eigenvalue weighted by atomic mass is 10.3. The van der Waals surface area contributed by atoms with Crippen molar-refractivity contribution in [3.05, 3.63) is 52.5 Å². The Morgan fingerprint density at radius 2 is 1.73 bits per heavy atom. The van der Waals surface area contributed by atoms with Crippen molar-refractivity contribution in [2.45, 2.75) is 0 Å². The van der Waals surface area contributed by atoms with Gasteiger partial charge in [-0.1, -0.05) is 29.3 Å². The molecule has 0 radical (unpaired) electrons. The third-order valence-electron chi connectivity index (χ3n) is 2.47. The maximum absolute atomic E-state index is 11.9. The predicted molar refractivity (Wildman–Crippen MR) is 84.3 cm³/mol. The van der Waals surface area contributed by atoms with Crippen LogP contribution in [0.3, 0.4) is 0 Å². The fourth-order valence-electron chi connectivity index (χ4n) is 1.57. The number of hydrogen-bond acceptors (Lipinski definition) is 4. The number of amides is 2. The topological polar surface area (TPSA) is 68.8 Å². The summed E-state index contributed by atoms with van der Waals surface area (Å²) < 4.78 is 0. The number of benzene rings is 2. The minimum atomic E-state index is -0.441. The van der Waals surface area contributed by atoms with Gasteiger partial charge in [0.05, 0.1) is 17.2 Å². The van der Waals surface area contributed by atoms with Crippen molar-refractivity contribution in [3.8, 4) is 5.75 Å². The summed E-state index contributed by atoms with van der Waals surface area (Å²) in [6, 6.07) is 10.9. The van der Waals surface area contributed by atoms with Gasteiger partial charge in [-0.3, -0.25) is 0 Å². The number of halogens is 2. The molecule has 0 aliphatic carbocycles. The molecule has 0 fully saturated rings. The molecule has 0 aliphatic rings. The van der Waals surface area contributed by atoms with Gasteiger partial charge in [0.15, 0.2) is 5.75 Å². The number of carbonyl (C=O) groups is 1. The van der Waals surface area contributed by atoms with Crippen LogP contribution in [0.4, 0.5) is 16.2 Å². The van der Waals surface area contributed by atoms with Crippen molar-refractivity contribution in [2.24, 2.45) is 0 Å². The second-order valence-electron chi connectivity index (χ2n) is 4.05. The Balaban J connectivity index is 1.98. The number of rotatable bonds is 5. The first-order chi connectivity index (χ1) is 10.6. The van der Waals surface area contributed by atoms with Crippen LogP contribution in [0.1, 0.15) is 0 Å². The van der Waals surface area contributed by atoms with Gasteiger partial charge in [0.25, 0.3) is 0 Å². The van der Waals surface area contributed by atoms with E-state index in [1.165, 1.54) is 7.11 Å². The van der Waals surface area contributed by atoms with Crippen molar-refractivity contribution >= 4 is 40.6 Å². The number of nitrogens with one attached hydrogen (secondary N) is 2. The summed E-state index contributed by atoms with van der Waals surface area (Å²) in [6.45, 7) is 0. The highest BCUT2D eigenvalue weighted by molar-refractivity contribution is 6.42. The van der Waals surface area contributed by atoms with Gasteiger partial charge in [0.1, 0.15) is 0 Å². The molecule has 2 aromatic carbocycles. The van der Waals surface area contributed by atoms with Gasteiger partial charge in [0, 0.05) is 17.4 Å². The summed E-state index contributed by atoms with van der Waals surface area (Å²) in [6.07, 6.45) is 0. The van der Waals surface area contributed by atoms with Crippen LogP contribution in [0.2, 0.25) is 10.0 Å². The van der Waals surface area contributed by atoms with Crippen molar-refractivity contribution < 1.29 is 19.6 Å². The van der Waals surface area contributed by atoms with E-state index in [0.717, 1.165) is 0 Å². The van der Waals surface area contributed by atoms with Gasteiger partial charge < -0.3 is 15.5 Å². The molecule has 6 nitrogen and oxygen atoms in total. The summed E-state index contributed by atoms with van der Waals surface area (Å²) >= 11 is 11.7. The Labute approximate surface area is 136 Å². The summed E-state index contributed by atoms with van der Waals surface area (Å²) in [5.41, 5.74) is 1.02. The standard InChI is InChI=1S/C14H12Cl2N2O4/c1-20-22-21-11-4-2-3-9(7-11)17-14(19)18-10-5-6-12(15)13(16)8-10/h2-8H,1H3,(H2,17,18,19). The molecule has 2 rings (SSSR count). The molecule has 2 aromatic rings. The van der Waals surface area contributed by atoms with Gasteiger partial charge in [-0.25, -0.2) is 4.79 Å². The zero-order valence-electron chi connectivity index (χ0n) is 11.4. The Morgan fingerprint density at radius 3 is 2.41 bits per heavy atom. The molecule has 0 spiro atoms. The summed E-state index contributed by atoms with van der Waals surface area (Å²) in [5, 5.41) is 10.4. The average Bonchev–Trinajstić information content (AvgIpc) is 2.49. The maximum Gasteiger partial charge on any atom is 0.323 e. The minimum Gasteiger partial charge on any atom is -0.308 e. The first kappa shape index (κ1) is 16.4. The van der Waals surface area contributed by atoms with Crippen molar-refractivity contribution in [1.29, 1.82) is 0 Å². The quantitative estimate of drug-likeness (QED) is 0.619. The van der Waals surface area contributed by atoms with Crippen LogP contribution >= 0.6 is 23.2 Å². The van der Waals surface area contributed by atoms with E-state index >= 15 is 0 Å². The molecule has 0 atom stereocenters. The van der Waals surface area contributed by atoms with Crippen molar-refractivity contribution in [1.82, 2.24) is 0 Å². The third-order valence-corrected chi connectivity index (χ3v) is 3.21. The Morgan fingerprint density at radius 1 is 1.00 bits per heavy atom. The van der Waals surface area contributed by atoms with E-state index < -0.39 is 6.03 Å². The van der Waals surface area contributed by atoms with E-state index in [9.17, 15) is 4.79 Å². The largest absolute Gasteiger partial charge is 0.323 e. The minimum absolute atomic E-state index is 0.353. The zero-order chi connectivity index (χ0) is 15.9. The third kappa shape index (κ3) is 4.78. The van der Waals surface area contributed by atoms with Crippen LogP contribution in [-0.4, -0.2) is 13.1 Å². The Bertz CT molecular complexity index is 667. The summed E-state index contributed by atoms with van der Waals surface area (Å²) in [4.78, 5) is 21.0. The molecule has 2 amide bonds. The second-order valence-corrected chi connectivity index (χ2v) is 4.87. The van der Waals surface area contributed by atoms with Crippen molar-refractivity contribution in [3.63, 3.8) is 0 Å². The Hall–Kier alpha value is -1.99. The van der Waals surface area contributed by atoms with Crippen LogP contribution in [-0.2, 0) is 9.93 Å². The number of anilines is 2. The average molecular weight is 343 g/mol. The van der Waals surface area contributed by atoms with Gasteiger partial charge >= 0.3 is 6.03 Å². The number of hydrogen-bond donors (Lipinski definition) is 2. The smallest absolute Gasteiger partial charge is 0.308 e. The molecule has 0 saturated heterocycles. The summed E-state index contributed by atoms with van der Waals surface area (Å²) in [5.74, 6) is 0.370. The fourth-order valence-corrected chi connectivity index (χ4v) is 1.86. The highest BCUT2D eigenvalue weighted by atomic mass is 35.5. The van der Waals surface area contributed by atoms with E-state index in [2.05, 4.69) is 20.6 Å². The number of carbonyl (C=O) groups excluding carboxylic acids is 1. The molecule has 0 bridgehead atoms. The van der Waals surface area contributed by atoms with Crippen LogP contribution in [0.15, 0.2) is 42.5 Å². The molecule has 0 aliphatic heterocycles. The summed E-state index contributed by atoms with van der Waals surface area (Å²) in [7, 11) is 1.31. The SMILES string of the molecule is COOOc1cccc(NC(=O)Nc2ccc(Cl)c(Cl)c2)c1. The lowest BCUT2D eigenvalue weighted by molar-refractivity contribution is -0.453. The molecule has 8 heteroatoms. The van der Waals surface area contributed by atoms with Crippen LogP contribution < -0.4 is 15.5 Å². The molecule has 0 unspecified atom stereocenters.